The number of benzene rings is 2. The van der Waals surface area contributed by atoms with Gasteiger partial charge < -0.3 is 6.53 Å². The number of carboxylic acids is 1. The van der Waals surface area contributed by atoms with E-state index in [2.05, 4.69) is 0 Å². The van der Waals surface area contributed by atoms with Crippen molar-refractivity contribution in [3.05, 3.63) is 78.1 Å². The fourth-order valence-electron chi connectivity index (χ4n) is 3.77. The monoisotopic (exact) mass is 441 g/mol. The Morgan fingerprint density at radius 2 is 1.80 bits per heavy atom. The first-order chi connectivity index (χ1) is 13.9. The Balaban J connectivity index is 0.00000240. The zero-order valence-electron chi connectivity index (χ0n) is 17.9. The maximum Gasteiger partial charge on any atom is 1.00 e. The summed E-state index contributed by atoms with van der Waals surface area (Å²) in [6.07, 6.45) is 5.67. The Morgan fingerprint density at radius 1 is 1.13 bits per heavy atom. The second-order valence-corrected chi connectivity index (χ2v) is 9.00. The molecule has 2 atom stereocenters. The predicted molar refractivity (Wildman–Crippen MR) is 109 cm³/mol. The average Bonchev–Trinajstić information content (AvgIpc) is 3.13. The van der Waals surface area contributed by atoms with E-state index in [-0.39, 0.29) is 54.3 Å². The second kappa shape index (κ2) is 11.2. The van der Waals surface area contributed by atoms with Gasteiger partial charge in [-0.3, -0.25) is 4.79 Å². The maximum absolute atomic E-state index is 13.3. The van der Waals surface area contributed by atoms with Gasteiger partial charge in [0.2, 0.25) is 10.0 Å². The van der Waals surface area contributed by atoms with Gasteiger partial charge in [0.15, 0.2) is 0 Å². The third-order valence-electron chi connectivity index (χ3n) is 5.17. The number of allylic oxidation sites excluding steroid dienone is 2. The summed E-state index contributed by atoms with van der Waals surface area (Å²) in [5, 5.41) is 8.73. The van der Waals surface area contributed by atoms with Crippen molar-refractivity contribution in [1.29, 1.82) is 0 Å². The van der Waals surface area contributed by atoms with E-state index in [1.807, 2.05) is 42.5 Å². The number of nitrogens with zero attached hydrogens (tertiary/aromatic N) is 1. The van der Waals surface area contributed by atoms with Gasteiger partial charge in [0.1, 0.15) is 5.82 Å². The zero-order chi connectivity index (χ0) is 20.9. The van der Waals surface area contributed by atoms with E-state index in [0.29, 0.717) is 25.8 Å². The summed E-state index contributed by atoms with van der Waals surface area (Å²) < 4.78 is 41.3. The Labute approximate surface area is 200 Å². The van der Waals surface area contributed by atoms with Gasteiger partial charge in [0.05, 0.1) is 10.9 Å². The van der Waals surface area contributed by atoms with Crippen molar-refractivity contribution in [2.24, 2.45) is 5.92 Å². The fraction of sp³-hybridized carbons (Fsp3) is 0.318. The van der Waals surface area contributed by atoms with Crippen molar-refractivity contribution in [1.82, 2.24) is 4.31 Å². The molecule has 0 saturated carbocycles. The Hall–Kier alpha value is -1.51. The molecule has 0 aromatic heterocycles. The van der Waals surface area contributed by atoms with Crippen molar-refractivity contribution >= 4 is 16.0 Å². The summed E-state index contributed by atoms with van der Waals surface area (Å²) >= 11 is 0. The molecule has 1 fully saturated rings. The van der Waals surface area contributed by atoms with Crippen LogP contribution in [-0.4, -0.2) is 30.3 Å². The number of carboxylic acid groups (broad SMARTS) is 1. The molecule has 0 spiro atoms. The van der Waals surface area contributed by atoms with Crippen molar-refractivity contribution < 1.29 is 53.7 Å². The number of carbonyl (C=O) groups is 1. The number of hydrogen-bond acceptors (Lipinski definition) is 3. The predicted octanol–water partition coefficient (Wildman–Crippen LogP) is 1.51. The summed E-state index contributed by atoms with van der Waals surface area (Å²) in [5.74, 6) is -1.24. The van der Waals surface area contributed by atoms with Crippen LogP contribution in [0.1, 0.15) is 38.7 Å². The fourth-order valence-corrected chi connectivity index (χ4v) is 5.46. The van der Waals surface area contributed by atoms with Gasteiger partial charge >= 0.3 is 35.5 Å². The van der Waals surface area contributed by atoms with E-state index in [1.54, 1.807) is 0 Å². The van der Waals surface area contributed by atoms with Crippen LogP contribution >= 0.6 is 0 Å². The van der Waals surface area contributed by atoms with Gasteiger partial charge in [-0.1, -0.05) is 42.5 Å². The molecule has 0 bridgehead atoms. The molecule has 1 N–H and O–H groups in total. The van der Waals surface area contributed by atoms with Gasteiger partial charge in [-0.15, -0.1) is 0 Å². The molecule has 8 heteroatoms. The minimum absolute atomic E-state index is 0. The van der Waals surface area contributed by atoms with E-state index in [4.69, 9.17) is 5.11 Å². The molecule has 2 aromatic carbocycles. The van der Waals surface area contributed by atoms with Gasteiger partial charge in [-0.2, -0.15) is 4.31 Å². The molecule has 3 rings (SSSR count). The molecular weight excluding hydrogens is 416 g/mol. The number of halogens is 1. The Morgan fingerprint density at radius 3 is 2.43 bits per heavy atom. The molecule has 30 heavy (non-hydrogen) atoms. The van der Waals surface area contributed by atoms with E-state index >= 15 is 0 Å². The van der Waals surface area contributed by atoms with Gasteiger partial charge in [0, 0.05) is 13.0 Å². The minimum Gasteiger partial charge on any atom is -1.00 e. The Kier molecular flexibility index (Phi) is 9.25. The number of rotatable bonds is 8. The van der Waals surface area contributed by atoms with E-state index in [0.717, 1.165) is 17.7 Å². The van der Waals surface area contributed by atoms with Crippen LogP contribution in [0.3, 0.4) is 0 Å². The smallest absolute Gasteiger partial charge is 1.00 e. The zero-order valence-corrected chi connectivity index (χ0v) is 19.8. The van der Waals surface area contributed by atoms with Crippen LogP contribution in [0.5, 0.6) is 0 Å². The van der Waals surface area contributed by atoms with Crippen LogP contribution in [0.15, 0.2) is 71.6 Å². The van der Waals surface area contributed by atoms with Gasteiger partial charge in [-0.25, -0.2) is 12.8 Å². The molecule has 5 nitrogen and oxygen atoms in total. The second-order valence-electron chi connectivity index (χ2n) is 7.11. The normalized spacial score (nSPS) is 19.6. The van der Waals surface area contributed by atoms with Crippen LogP contribution < -0.4 is 29.6 Å². The van der Waals surface area contributed by atoms with Crippen molar-refractivity contribution in [2.75, 3.05) is 6.54 Å². The molecule has 1 aliphatic heterocycles. The van der Waals surface area contributed by atoms with Crippen molar-refractivity contribution in [2.45, 2.75) is 36.6 Å². The van der Waals surface area contributed by atoms with E-state index in [9.17, 15) is 17.6 Å². The largest absolute Gasteiger partial charge is 1.00 e. The number of hydrogen-bond donors (Lipinski definition) is 1. The first-order valence-electron chi connectivity index (χ1n) is 9.59. The summed E-state index contributed by atoms with van der Waals surface area (Å²) in [5.41, 5.74) is 0.916. The third-order valence-corrected chi connectivity index (χ3v) is 7.06. The first kappa shape index (κ1) is 24.8. The molecule has 1 heterocycles. The minimum atomic E-state index is -3.77. The number of aliphatic carboxylic acids is 1. The molecule has 0 radical (unpaired) electrons. The SMILES string of the molecule is O=C(O)CC/C=C\CC1CCN(S(=O)(=O)c2ccc(F)cc2)C1c1ccccc1.[H-].[Na+]. The van der Waals surface area contributed by atoms with Crippen molar-refractivity contribution in [3.8, 4) is 0 Å². The summed E-state index contributed by atoms with van der Waals surface area (Å²) in [6, 6.07) is 14.1. The molecule has 156 valence electrons. The summed E-state index contributed by atoms with van der Waals surface area (Å²) in [7, 11) is -3.77. The van der Waals surface area contributed by atoms with Crippen LogP contribution in [0.2, 0.25) is 0 Å². The maximum atomic E-state index is 13.3. The van der Waals surface area contributed by atoms with E-state index < -0.39 is 21.8 Å². The molecule has 0 amide bonds. The topological polar surface area (TPSA) is 74.7 Å². The van der Waals surface area contributed by atoms with Gasteiger partial charge in [0.25, 0.3) is 0 Å². The quantitative estimate of drug-likeness (QED) is 0.498. The molecule has 2 unspecified atom stereocenters. The first-order valence-corrected chi connectivity index (χ1v) is 11.0. The van der Waals surface area contributed by atoms with Crippen LogP contribution in [-0.2, 0) is 14.8 Å². The molecule has 1 aliphatic rings. The molecule has 0 aliphatic carbocycles. The average molecular weight is 442 g/mol. The summed E-state index contributed by atoms with van der Waals surface area (Å²) in [4.78, 5) is 10.7. The van der Waals surface area contributed by atoms with E-state index in [1.165, 1.54) is 16.4 Å². The summed E-state index contributed by atoms with van der Waals surface area (Å²) in [6.45, 7) is 0.382. The molecular formula is C22H25FNNaO4S. The van der Waals surface area contributed by atoms with Crippen LogP contribution in [0.25, 0.3) is 0 Å². The van der Waals surface area contributed by atoms with Crippen LogP contribution in [0.4, 0.5) is 4.39 Å². The molecule has 1 saturated heterocycles. The Bertz CT molecular complexity index is 971. The number of sulfonamides is 1. The molecule has 2 aromatic rings. The third kappa shape index (κ3) is 6.02. The van der Waals surface area contributed by atoms with Crippen molar-refractivity contribution in [3.63, 3.8) is 0 Å². The van der Waals surface area contributed by atoms with Gasteiger partial charge in [-0.05, 0) is 55.0 Å². The van der Waals surface area contributed by atoms with Crippen LogP contribution in [0, 0.1) is 11.7 Å². The standard InChI is InChI=1S/C22H24FNO4S.Na.H/c23-19-11-13-20(14-12-19)29(27,28)24-16-15-18(9-5-2-6-10-21(25)26)22(24)17-7-3-1-4-8-17;;/h1-5,7-8,11-14,18,22H,6,9-10,15-16H2,(H,25,26);;/q;+1;-1/b5-2-;;.